The predicted molar refractivity (Wildman–Crippen MR) is 71.1 cm³/mol. The Balaban J connectivity index is 2.37. The van der Waals surface area contributed by atoms with Gasteiger partial charge in [-0.3, -0.25) is 0 Å². The Morgan fingerprint density at radius 1 is 0.824 bits per heavy atom. The van der Waals surface area contributed by atoms with Crippen LogP contribution in [-0.4, -0.2) is 5.11 Å². The number of benzene rings is 2. The molecule has 0 radical (unpaired) electrons. The molecule has 0 atom stereocenters. The molecular formula is C12H14N4O. The Labute approximate surface area is 98.9 Å². The van der Waals surface area contributed by atoms with E-state index in [4.69, 9.17) is 17.2 Å². The lowest BCUT2D eigenvalue weighted by Crippen LogP contribution is -2.00. The summed E-state index contributed by atoms with van der Waals surface area (Å²) < 4.78 is 0. The fourth-order valence-corrected chi connectivity index (χ4v) is 1.48. The first-order chi connectivity index (χ1) is 8.06. The molecule has 0 aliphatic heterocycles. The Hall–Kier alpha value is -2.56. The number of nitrogens with two attached hydrogens (primary N) is 3. The van der Waals surface area contributed by atoms with E-state index in [1.54, 1.807) is 24.3 Å². The SMILES string of the molecule is Nc1ccc(N)c(Nc2cc(O)ccc2N)c1. The van der Waals surface area contributed by atoms with Crippen molar-refractivity contribution in [2.45, 2.75) is 0 Å². The van der Waals surface area contributed by atoms with E-state index in [1.165, 1.54) is 12.1 Å². The minimum absolute atomic E-state index is 0.129. The zero-order valence-corrected chi connectivity index (χ0v) is 9.14. The molecule has 0 heterocycles. The summed E-state index contributed by atoms with van der Waals surface area (Å²) in [6.45, 7) is 0. The maximum Gasteiger partial charge on any atom is 0.117 e. The number of hydrogen-bond acceptors (Lipinski definition) is 5. The monoisotopic (exact) mass is 230 g/mol. The second kappa shape index (κ2) is 4.13. The number of hydrogen-bond donors (Lipinski definition) is 5. The van der Waals surface area contributed by atoms with Crippen molar-refractivity contribution in [1.82, 2.24) is 0 Å². The maximum atomic E-state index is 9.39. The molecule has 0 spiro atoms. The van der Waals surface area contributed by atoms with Gasteiger partial charge in [-0.05, 0) is 30.3 Å². The molecular weight excluding hydrogens is 216 g/mol. The highest BCUT2D eigenvalue weighted by molar-refractivity contribution is 5.81. The Morgan fingerprint density at radius 3 is 2.12 bits per heavy atom. The largest absolute Gasteiger partial charge is 0.508 e. The van der Waals surface area contributed by atoms with Crippen LogP contribution in [0.5, 0.6) is 5.75 Å². The van der Waals surface area contributed by atoms with E-state index in [0.29, 0.717) is 28.4 Å². The highest BCUT2D eigenvalue weighted by Gasteiger charge is 2.04. The van der Waals surface area contributed by atoms with E-state index in [9.17, 15) is 5.11 Å². The molecule has 0 bridgehead atoms. The van der Waals surface area contributed by atoms with Crippen LogP contribution in [0, 0.1) is 0 Å². The van der Waals surface area contributed by atoms with Crippen molar-refractivity contribution in [2.24, 2.45) is 0 Å². The predicted octanol–water partition coefficient (Wildman–Crippen LogP) is 1.88. The lowest BCUT2D eigenvalue weighted by molar-refractivity contribution is 0.475. The molecule has 2 aromatic carbocycles. The Bertz CT molecular complexity index is 505. The van der Waals surface area contributed by atoms with Crippen molar-refractivity contribution in [2.75, 3.05) is 22.5 Å². The van der Waals surface area contributed by atoms with Crippen LogP contribution in [0.25, 0.3) is 0 Å². The summed E-state index contributed by atoms with van der Waals surface area (Å²) in [5.74, 6) is 0.129. The van der Waals surface area contributed by atoms with Gasteiger partial charge < -0.3 is 27.6 Å². The molecule has 2 aromatic rings. The summed E-state index contributed by atoms with van der Waals surface area (Å²) in [4.78, 5) is 0. The summed E-state index contributed by atoms with van der Waals surface area (Å²) in [5.41, 5.74) is 20.2. The van der Waals surface area contributed by atoms with Crippen LogP contribution in [-0.2, 0) is 0 Å². The number of nitrogen functional groups attached to an aromatic ring is 3. The van der Waals surface area contributed by atoms with Gasteiger partial charge in [0.1, 0.15) is 5.75 Å². The van der Waals surface area contributed by atoms with E-state index in [0.717, 1.165) is 0 Å². The van der Waals surface area contributed by atoms with Crippen molar-refractivity contribution < 1.29 is 5.11 Å². The number of rotatable bonds is 2. The van der Waals surface area contributed by atoms with Crippen LogP contribution in [0.3, 0.4) is 0 Å². The van der Waals surface area contributed by atoms with Gasteiger partial charge in [0.05, 0.1) is 22.7 Å². The molecule has 0 saturated heterocycles. The van der Waals surface area contributed by atoms with Crippen LogP contribution < -0.4 is 22.5 Å². The van der Waals surface area contributed by atoms with Crippen LogP contribution in [0.2, 0.25) is 0 Å². The minimum Gasteiger partial charge on any atom is -0.508 e. The zero-order chi connectivity index (χ0) is 12.4. The number of aromatic hydroxyl groups is 1. The quantitative estimate of drug-likeness (QED) is 0.399. The summed E-state index contributed by atoms with van der Waals surface area (Å²) in [6.07, 6.45) is 0. The molecule has 0 aliphatic carbocycles. The first kappa shape index (κ1) is 10.9. The van der Waals surface area contributed by atoms with Crippen molar-refractivity contribution in [3.05, 3.63) is 36.4 Å². The Kier molecular flexibility index (Phi) is 2.66. The van der Waals surface area contributed by atoms with Crippen molar-refractivity contribution >= 4 is 28.4 Å². The molecule has 8 N–H and O–H groups in total. The van der Waals surface area contributed by atoms with E-state index >= 15 is 0 Å². The van der Waals surface area contributed by atoms with Gasteiger partial charge in [-0.15, -0.1) is 0 Å². The van der Waals surface area contributed by atoms with E-state index in [1.807, 2.05) is 0 Å². The number of nitrogens with one attached hydrogen (secondary N) is 1. The summed E-state index contributed by atoms with van der Waals surface area (Å²) in [5, 5.41) is 12.4. The molecule has 5 heteroatoms. The minimum atomic E-state index is 0.129. The Morgan fingerprint density at radius 2 is 1.41 bits per heavy atom. The summed E-state index contributed by atoms with van der Waals surface area (Å²) in [7, 11) is 0. The average Bonchev–Trinajstić information content (AvgIpc) is 2.28. The van der Waals surface area contributed by atoms with Crippen LogP contribution in [0.1, 0.15) is 0 Å². The summed E-state index contributed by atoms with van der Waals surface area (Å²) in [6, 6.07) is 9.78. The highest BCUT2D eigenvalue weighted by atomic mass is 16.3. The fourth-order valence-electron chi connectivity index (χ4n) is 1.48. The molecule has 0 saturated carbocycles. The van der Waals surface area contributed by atoms with Crippen LogP contribution in [0.15, 0.2) is 36.4 Å². The van der Waals surface area contributed by atoms with Crippen LogP contribution in [0.4, 0.5) is 28.4 Å². The molecule has 5 nitrogen and oxygen atoms in total. The van der Waals surface area contributed by atoms with Crippen molar-refractivity contribution in [3.8, 4) is 5.75 Å². The molecule has 0 amide bonds. The molecule has 88 valence electrons. The smallest absolute Gasteiger partial charge is 0.117 e. The normalized spacial score (nSPS) is 10.1. The molecule has 0 aromatic heterocycles. The topological polar surface area (TPSA) is 110 Å². The van der Waals surface area contributed by atoms with Gasteiger partial charge in [0.2, 0.25) is 0 Å². The third kappa shape index (κ3) is 2.34. The van der Waals surface area contributed by atoms with Gasteiger partial charge in [-0.25, -0.2) is 0 Å². The standard InChI is InChI=1S/C12H14N4O/c13-7-1-3-9(14)11(5-7)16-12-6-8(17)2-4-10(12)15/h1-6,16-17H,13-15H2. The molecule has 0 unspecified atom stereocenters. The fraction of sp³-hybridized carbons (Fsp3) is 0. The lowest BCUT2D eigenvalue weighted by Gasteiger charge is -2.12. The van der Waals surface area contributed by atoms with Crippen LogP contribution >= 0.6 is 0 Å². The molecule has 2 rings (SSSR count). The number of anilines is 5. The third-order valence-electron chi connectivity index (χ3n) is 2.38. The van der Waals surface area contributed by atoms with Gasteiger partial charge in [0, 0.05) is 11.8 Å². The van der Waals surface area contributed by atoms with Gasteiger partial charge in [-0.1, -0.05) is 0 Å². The zero-order valence-electron chi connectivity index (χ0n) is 9.14. The van der Waals surface area contributed by atoms with Gasteiger partial charge in [0.25, 0.3) is 0 Å². The summed E-state index contributed by atoms with van der Waals surface area (Å²) >= 11 is 0. The first-order valence-corrected chi connectivity index (χ1v) is 5.07. The lowest BCUT2D eigenvalue weighted by atomic mass is 10.2. The van der Waals surface area contributed by atoms with Gasteiger partial charge in [0.15, 0.2) is 0 Å². The molecule has 0 fully saturated rings. The van der Waals surface area contributed by atoms with E-state index in [2.05, 4.69) is 5.32 Å². The van der Waals surface area contributed by atoms with E-state index < -0.39 is 0 Å². The van der Waals surface area contributed by atoms with E-state index in [-0.39, 0.29) is 5.75 Å². The second-order valence-electron chi connectivity index (χ2n) is 3.74. The highest BCUT2D eigenvalue weighted by Crippen LogP contribution is 2.30. The molecule has 0 aliphatic rings. The first-order valence-electron chi connectivity index (χ1n) is 5.07. The number of phenols is 1. The van der Waals surface area contributed by atoms with Gasteiger partial charge in [-0.2, -0.15) is 0 Å². The molecule has 17 heavy (non-hydrogen) atoms. The third-order valence-corrected chi connectivity index (χ3v) is 2.38. The maximum absolute atomic E-state index is 9.39. The van der Waals surface area contributed by atoms with Gasteiger partial charge >= 0.3 is 0 Å². The van der Waals surface area contributed by atoms with Crippen molar-refractivity contribution in [1.29, 1.82) is 0 Å². The second-order valence-corrected chi connectivity index (χ2v) is 3.74. The number of phenolic OH excluding ortho intramolecular Hbond substituents is 1. The van der Waals surface area contributed by atoms with Crippen molar-refractivity contribution in [3.63, 3.8) is 0 Å². The average molecular weight is 230 g/mol.